The van der Waals surface area contributed by atoms with Crippen molar-refractivity contribution in [3.63, 3.8) is 0 Å². The summed E-state index contributed by atoms with van der Waals surface area (Å²) in [5, 5.41) is 4.89. The largest absolute Gasteiger partial charge is 0.241 e. The molecule has 0 fully saturated rings. The van der Waals surface area contributed by atoms with Gasteiger partial charge in [0.1, 0.15) is 8.00 Å². The minimum Gasteiger partial charge on any atom is -0.218 e. The monoisotopic (exact) mass is 693 g/mol. The molecule has 2 atom stereocenters. The van der Waals surface area contributed by atoms with E-state index in [0.717, 1.165) is 32.7 Å². The van der Waals surface area contributed by atoms with E-state index in [-0.39, 0.29) is 0 Å². The first-order valence-corrected chi connectivity index (χ1v) is 20.6. The van der Waals surface area contributed by atoms with Crippen molar-refractivity contribution >= 4 is 71.4 Å². The molecule has 7 rings (SSSR count). The van der Waals surface area contributed by atoms with Crippen LogP contribution in [0.5, 0.6) is 0 Å². The lowest BCUT2D eigenvalue weighted by atomic mass is 9.98. The molecule has 10 heteroatoms. The highest BCUT2D eigenvalue weighted by Crippen LogP contribution is 2.49. The smallest absolute Gasteiger partial charge is 0.218 e. The summed E-state index contributed by atoms with van der Waals surface area (Å²) in [6, 6.07) is 42.1. The van der Waals surface area contributed by atoms with Crippen molar-refractivity contribution in [3.8, 4) is 0 Å². The standard InChI is InChI=1S/C38H36N3O4PS2/c1-27(29-15-7-5-8-16-29)39(28(2)30-17-9-6-10-18-30)46-40(47(3,42)43)35-25-23-31-19-11-13-21-33(31)37(35)38-34-22-14-12-20-32(34)24-26-36(38)41(46)48(4,44)45/h5-28H,1-4H3/t27-,28-/m0/s1. The maximum atomic E-state index is 14.5. The second-order valence-electron chi connectivity index (χ2n) is 12.2. The summed E-state index contributed by atoms with van der Waals surface area (Å²) in [7, 11) is -10.6. The van der Waals surface area contributed by atoms with E-state index in [9.17, 15) is 16.8 Å². The molecule has 6 aromatic carbocycles. The summed E-state index contributed by atoms with van der Waals surface area (Å²) in [5.74, 6) is 0. The first-order chi connectivity index (χ1) is 23.0. The van der Waals surface area contributed by atoms with Gasteiger partial charge in [0.05, 0.1) is 23.5 Å². The fourth-order valence-corrected chi connectivity index (χ4v) is 13.2. The lowest BCUT2D eigenvalue weighted by Crippen LogP contribution is -2.33. The van der Waals surface area contributed by atoms with Crippen LogP contribution >= 0.6 is 8.00 Å². The third-order valence-corrected chi connectivity index (χ3v) is 15.5. The Bertz CT molecular complexity index is 2430. The van der Waals surface area contributed by atoms with Crippen LogP contribution in [0.3, 0.4) is 0 Å². The summed E-state index contributed by atoms with van der Waals surface area (Å²) < 4.78 is 62.7. The molecule has 0 spiro atoms. The van der Waals surface area contributed by atoms with Gasteiger partial charge < -0.3 is 0 Å². The zero-order chi connectivity index (χ0) is 33.8. The molecule has 0 N–H and O–H groups in total. The van der Waals surface area contributed by atoms with Crippen LogP contribution in [0, 0.1) is 0 Å². The lowest BCUT2D eigenvalue weighted by molar-refractivity contribution is 0.593. The van der Waals surface area contributed by atoms with E-state index in [1.165, 1.54) is 20.0 Å². The van der Waals surface area contributed by atoms with E-state index < -0.39 is 40.1 Å². The molecule has 244 valence electrons. The van der Waals surface area contributed by atoms with E-state index >= 15 is 0 Å². The number of hydrogen-bond donors (Lipinski definition) is 0. The average Bonchev–Trinajstić information content (AvgIpc) is 3.22. The number of hydrogen-bond acceptors (Lipinski definition) is 5. The molecule has 7 nitrogen and oxygen atoms in total. The molecule has 0 bridgehead atoms. The molecule has 0 aliphatic rings. The van der Waals surface area contributed by atoms with E-state index in [0.29, 0.717) is 21.8 Å². The molecule has 7 aromatic rings. The fraction of sp³-hybridized carbons (Fsp3) is 0.158. The van der Waals surface area contributed by atoms with Gasteiger partial charge in [-0.2, -0.15) is 0 Å². The number of aromatic nitrogens is 2. The van der Waals surface area contributed by atoms with Crippen LogP contribution in [-0.4, -0.2) is 36.8 Å². The molecule has 1 heterocycles. The van der Waals surface area contributed by atoms with Crippen LogP contribution in [-0.2, 0) is 20.0 Å². The Kier molecular flexibility index (Phi) is 8.20. The zero-order valence-electron chi connectivity index (χ0n) is 27.1. The Balaban J connectivity index is 1.84. The van der Waals surface area contributed by atoms with Crippen LogP contribution in [0.1, 0.15) is 37.1 Å². The Labute approximate surface area is 282 Å². The Morgan fingerprint density at radius 2 is 0.854 bits per heavy atom. The Morgan fingerprint density at radius 1 is 0.500 bits per heavy atom. The van der Waals surface area contributed by atoms with Crippen molar-refractivity contribution in [3.05, 3.63) is 145 Å². The van der Waals surface area contributed by atoms with Gasteiger partial charge in [-0.05, 0) is 58.7 Å². The summed E-state index contributed by atoms with van der Waals surface area (Å²) >= 11 is 0. The van der Waals surface area contributed by atoms with Gasteiger partial charge in [0.25, 0.3) is 0 Å². The van der Waals surface area contributed by atoms with Crippen LogP contribution in [0.4, 0.5) is 0 Å². The van der Waals surface area contributed by atoms with Gasteiger partial charge in [-0.3, -0.25) is 0 Å². The van der Waals surface area contributed by atoms with Gasteiger partial charge in [-0.25, -0.2) is 29.0 Å². The van der Waals surface area contributed by atoms with Gasteiger partial charge in [0.2, 0.25) is 20.0 Å². The van der Waals surface area contributed by atoms with Crippen LogP contribution in [0.25, 0.3) is 43.4 Å². The number of nitrogens with zero attached hydrogens (tertiary/aromatic N) is 3. The maximum Gasteiger partial charge on any atom is 0.241 e. The summed E-state index contributed by atoms with van der Waals surface area (Å²) in [6.07, 6.45) is 2.35. The minimum atomic E-state index is -4.11. The molecule has 0 unspecified atom stereocenters. The fourth-order valence-electron chi connectivity index (χ4n) is 6.85. The second-order valence-corrected chi connectivity index (χ2v) is 18.2. The van der Waals surface area contributed by atoms with Gasteiger partial charge in [0, 0.05) is 22.9 Å². The highest BCUT2D eigenvalue weighted by atomic mass is 32.2. The molecule has 0 aliphatic heterocycles. The lowest BCUT2D eigenvalue weighted by Gasteiger charge is -2.37. The van der Waals surface area contributed by atoms with E-state index in [2.05, 4.69) is 4.67 Å². The van der Waals surface area contributed by atoms with E-state index in [4.69, 9.17) is 0 Å². The SMILES string of the molecule is C[C@@H](c1ccccc1)N([C@@H](C)c1ccccc1)p1n(S(C)(=O)=O)c2ccc3ccccc3c2c2c3ccccc3ccc2n1S(C)(=O)=O. The predicted molar refractivity (Wildman–Crippen MR) is 201 cm³/mol. The molecule has 0 radical (unpaired) electrons. The van der Waals surface area contributed by atoms with E-state index in [1.807, 2.05) is 147 Å². The topological polar surface area (TPSA) is 81.4 Å². The van der Waals surface area contributed by atoms with Crippen molar-refractivity contribution < 1.29 is 16.8 Å². The van der Waals surface area contributed by atoms with Crippen LogP contribution < -0.4 is 4.67 Å². The third-order valence-electron chi connectivity index (χ3n) is 8.99. The van der Waals surface area contributed by atoms with Crippen molar-refractivity contribution in [2.24, 2.45) is 0 Å². The maximum absolute atomic E-state index is 14.5. The molecule has 48 heavy (non-hydrogen) atoms. The first-order valence-electron chi connectivity index (χ1n) is 15.7. The van der Waals surface area contributed by atoms with Crippen molar-refractivity contribution in [2.45, 2.75) is 25.9 Å². The minimum absolute atomic E-state index is 0.396. The molecule has 0 amide bonds. The van der Waals surface area contributed by atoms with Gasteiger partial charge in [0.15, 0.2) is 0 Å². The molecule has 1 aromatic heterocycles. The second kappa shape index (κ2) is 12.2. The Hall–Kier alpha value is -4.40. The summed E-state index contributed by atoms with van der Waals surface area (Å²) in [5.41, 5.74) is 2.76. The van der Waals surface area contributed by atoms with Gasteiger partial charge in [-0.1, -0.05) is 121 Å². The predicted octanol–water partition coefficient (Wildman–Crippen LogP) is 9.09. The molecule has 0 aliphatic carbocycles. The van der Waals surface area contributed by atoms with Crippen molar-refractivity contribution in [1.82, 2.24) is 7.47 Å². The summed E-state index contributed by atoms with van der Waals surface area (Å²) in [4.78, 5) is 0. The normalized spacial score (nSPS) is 13.8. The third kappa shape index (κ3) is 5.51. The van der Waals surface area contributed by atoms with Crippen LogP contribution in [0.15, 0.2) is 133 Å². The van der Waals surface area contributed by atoms with Gasteiger partial charge in [-0.15, -0.1) is 0 Å². The Morgan fingerprint density at radius 3 is 1.23 bits per heavy atom. The highest BCUT2D eigenvalue weighted by Gasteiger charge is 2.34. The number of rotatable bonds is 7. The van der Waals surface area contributed by atoms with Gasteiger partial charge >= 0.3 is 0 Å². The quantitative estimate of drug-likeness (QED) is 0.166. The highest BCUT2D eigenvalue weighted by molar-refractivity contribution is 7.96. The molecular weight excluding hydrogens is 658 g/mol. The number of fused-ring (bicyclic) bond motifs is 7. The first kappa shape index (κ1) is 32.2. The molecule has 0 saturated heterocycles. The van der Waals surface area contributed by atoms with Crippen LogP contribution in [0.2, 0.25) is 0 Å². The van der Waals surface area contributed by atoms with Crippen molar-refractivity contribution in [2.75, 3.05) is 17.2 Å². The zero-order valence-corrected chi connectivity index (χ0v) is 29.6. The van der Waals surface area contributed by atoms with E-state index in [1.54, 1.807) is 0 Å². The number of benzene rings is 6. The average molecular weight is 694 g/mol. The van der Waals surface area contributed by atoms with Crippen molar-refractivity contribution in [1.29, 1.82) is 0 Å². The molecular formula is C38H36N3O4PS2. The molecule has 0 saturated carbocycles. The summed E-state index contributed by atoms with van der Waals surface area (Å²) in [6.45, 7) is 4.04.